The average molecular weight is 340 g/mol. The molecule has 3 rings (SSSR count). The van der Waals surface area contributed by atoms with Gasteiger partial charge in [-0.3, -0.25) is 9.97 Å². The van der Waals surface area contributed by atoms with Crippen molar-refractivity contribution < 1.29 is 9.47 Å². The van der Waals surface area contributed by atoms with Crippen molar-refractivity contribution in [3.05, 3.63) is 71.5 Å². The number of benzene rings is 1. The van der Waals surface area contributed by atoms with E-state index in [9.17, 15) is 0 Å². The minimum absolute atomic E-state index is 0.695. The molecule has 0 amide bonds. The predicted octanol–water partition coefficient (Wildman–Crippen LogP) is 3.54. The Kier molecular flexibility index (Phi) is 5.17. The molecule has 2 aromatic heterocycles. The van der Waals surface area contributed by atoms with Gasteiger partial charge in [0, 0.05) is 23.5 Å². The van der Waals surface area contributed by atoms with Crippen LogP contribution in [-0.2, 0) is 0 Å². The molecule has 0 spiro atoms. The van der Waals surface area contributed by atoms with E-state index in [0.29, 0.717) is 5.75 Å². The van der Waals surface area contributed by atoms with Crippen LogP contribution < -0.4 is 9.47 Å². The first-order chi connectivity index (χ1) is 12.7. The van der Waals surface area contributed by atoms with Gasteiger partial charge in [-0.15, -0.1) is 6.42 Å². The van der Waals surface area contributed by atoms with E-state index in [-0.39, 0.29) is 0 Å². The summed E-state index contributed by atoms with van der Waals surface area (Å²) in [6.45, 7) is 0. The quantitative estimate of drug-likeness (QED) is 0.684. The lowest BCUT2D eigenvalue weighted by Crippen LogP contribution is -1.90. The van der Waals surface area contributed by atoms with Gasteiger partial charge in [-0.2, -0.15) is 0 Å². The summed E-state index contributed by atoms with van der Waals surface area (Å²) in [6, 6.07) is 13.0. The number of aromatic nitrogens is 2. The van der Waals surface area contributed by atoms with Crippen LogP contribution in [0.4, 0.5) is 0 Å². The van der Waals surface area contributed by atoms with Gasteiger partial charge < -0.3 is 9.47 Å². The van der Waals surface area contributed by atoms with E-state index in [0.717, 1.165) is 33.8 Å². The summed E-state index contributed by atoms with van der Waals surface area (Å²) in [5.74, 6) is 10.2. The molecule has 0 N–H and O–H groups in total. The maximum Gasteiger partial charge on any atom is 0.134 e. The molecule has 0 fully saturated rings. The summed E-state index contributed by atoms with van der Waals surface area (Å²) >= 11 is 0. The second-order valence-corrected chi connectivity index (χ2v) is 5.32. The highest BCUT2D eigenvalue weighted by molar-refractivity contribution is 5.57. The van der Waals surface area contributed by atoms with E-state index in [1.807, 2.05) is 42.5 Å². The largest absolute Gasteiger partial charge is 0.497 e. The van der Waals surface area contributed by atoms with Crippen molar-refractivity contribution in [2.75, 3.05) is 14.2 Å². The Morgan fingerprint density at radius 1 is 0.808 bits per heavy atom. The maximum atomic E-state index is 5.34. The van der Waals surface area contributed by atoms with Gasteiger partial charge in [-0.1, -0.05) is 17.8 Å². The molecule has 0 atom stereocenters. The smallest absolute Gasteiger partial charge is 0.134 e. The molecule has 0 bridgehead atoms. The Labute approximate surface area is 152 Å². The highest BCUT2D eigenvalue weighted by Crippen LogP contribution is 2.23. The van der Waals surface area contributed by atoms with Crippen molar-refractivity contribution in [2.24, 2.45) is 0 Å². The minimum Gasteiger partial charge on any atom is -0.497 e. The van der Waals surface area contributed by atoms with Crippen LogP contribution in [0.1, 0.15) is 16.7 Å². The fourth-order valence-electron chi connectivity index (χ4n) is 2.30. The molecule has 0 saturated heterocycles. The van der Waals surface area contributed by atoms with Crippen molar-refractivity contribution in [1.29, 1.82) is 0 Å². The number of pyridine rings is 2. The number of rotatable bonds is 3. The van der Waals surface area contributed by atoms with Crippen LogP contribution in [0.5, 0.6) is 11.5 Å². The second-order valence-electron chi connectivity index (χ2n) is 5.32. The molecule has 26 heavy (non-hydrogen) atoms. The third-order valence-corrected chi connectivity index (χ3v) is 3.70. The third-order valence-electron chi connectivity index (χ3n) is 3.70. The summed E-state index contributed by atoms with van der Waals surface area (Å²) in [5.41, 5.74) is 3.81. The zero-order valence-corrected chi connectivity index (χ0v) is 14.5. The molecule has 4 nitrogen and oxygen atoms in total. The molecule has 0 aliphatic carbocycles. The third kappa shape index (κ3) is 3.83. The Bertz CT molecular complexity index is 1010. The van der Waals surface area contributed by atoms with E-state index in [1.165, 1.54) is 0 Å². The molecule has 1 aromatic carbocycles. The van der Waals surface area contributed by atoms with Gasteiger partial charge in [0.2, 0.25) is 0 Å². The van der Waals surface area contributed by atoms with Gasteiger partial charge in [0.1, 0.15) is 11.5 Å². The van der Waals surface area contributed by atoms with E-state index >= 15 is 0 Å². The summed E-state index contributed by atoms with van der Waals surface area (Å²) < 4.78 is 10.6. The number of hydrogen-bond acceptors (Lipinski definition) is 4. The van der Waals surface area contributed by atoms with Gasteiger partial charge in [0.15, 0.2) is 0 Å². The lowest BCUT2D eigenvalue weighted by atomic mass is 10.1. The number of methoxy groups -OCH3 is 2. The first-order valence-corrected chi connectivity index (χ1v) is 7.86. The highest BCUT2D eigenvalue weighted by atomic mass is 16.5. The van der Waals surface area contributed by atoms with Gasteiger partial charge in [0.25, 0.3) is 0 Å². The van der Waals surface area contributed by atoms with Crippen LogP contribution in [0.15, 0.2) is 54.9 Å². The van der Waals surface area contributed by atoms with Crippen molar-refractivity contribution in [3.63, 3.8) is 0 Å². The molecule has 3 aromatic rings. The molecule has 0 aliphatic rings. The molecular weight excluding hydrogens is 324 g/mol. The Balaban J connectivity index is 1.84. The fraction of sp³-hybridized carbons (Fsp3) is 0.0909. The van der Waals surface area contributed by atoms with Crippen molar-refractivity contribution in [2.45, 2.75) is 0 Å². The van der Waals surface area contributed by atoms with Gasteiger partial charge in [-0.05, 0) is 42.5 Å². The lowest BCUT2D eigenvalue weighted by Gasteiger charge is -2.05. The molecule has 0 aliphatic heterocycles. The first-order valence-electron chi connectivity index (χ1n) is 7.86. The lowest BCUT2D eigenvalue weighted by molar-refractivity contribution is 0.402. The summed E-state index contributed by atoms with van der Waals surface area (Å²) in [7, 11) is 3.23. The van der Waals surface area contributed by atoms with Gasteiger partial charge in [-0.25, -0.2) is 0 Å². The summed E-state index contributed by atoms with van der Waals surface area (Å²) in [6.07, 6.45) is 8.71. The molecule has 2 heterocycles. The Morgan fingerprint density at radius 2 is 1.50 bits per heavy atom. The zero-order chi connectivity index (χ0) is 18.4. The monoisotopic (exact) mass is 340 g/mol. The standard InChI is InChI=1S/C22H16N2O2/c1-4-16-6-10-20(23-14-16)21-11-7-17(15-24-21)5-8-18-13-19(25-2)9-12-22(18)26-3/h1,6-7,9-15H,2-3H3. The van der Waals surface area contributed by atoms with Crippen LogP contribution >= 0.6 is 0 Å². The van der Waals surface area contributed by atoms with Crippen LogP contribution in [0.2, 0.25) is 0 Å². The predicted molar refractivity (Wildman–Crippen MR) is 101 cm³/mol. The van der Waals surface area contributed by atoms with E-state index < -0.39 is 0 Å². The van der Waals surface area contributed by atoms with Crippen LogP contribution in [-0.4, -0.2) is 24.2 Å². The topological polar surface area (TPSA) is 44.2 Å². The van der Waals surface area contributed by atoms with E-state index in [1.54, 1.807) is 26.6 Å². The first kappa shape index (κ1) is 17.1. The normalized spacial score (nSPS) is 9.58. The minimum atomic E-state index is 0.695. The highest BCUT2D eigenvalue weighted by Gasteiger charge is 2.03. The summed E-state index contributed by atoms with van der Waals surface area (Å²) in [4.78, 5) is 8.73. The van der Waals surface area contributed by atoms with Crippen molar-refractivity contribution in [1.82, 2.24) is 9.97 Å². The zero-order valence-electron chi connectivity index (χ0n) is 14.5. The van der Waals surface area contributed by atoms with E-state index in [4.69, 9.17) is 15.9 Å². The average Bonchev–Trinajstić information content (AvgIpc) is 2.72. The van der Waals surface area contributed by atoms with Gasteiger partial charge in [0.05, 0.1) is 31.2 Å². The fourth-order valence-corrected chi connectivity index (χ4v) is 2.30. The van der Waals surface area contributed by atoms with Crippen LogP contribution in [0.25, 0.3) is 11.4 Å². The molecule has 4 heteroatoms. The van der Waals surface area contributed by atoms with Crippen LogP contribution in [0, 0.1) is 24.2 Å². The maximum absolute atomic E-state index is 5.34. The SMILES string of the molecule is C#Cc1ccc(-c2ccc(C#Cc3cc(OC)ccc3OC)cn2)nc1. The summed E-state index contributed by atoms with van der Waals surface area (Å²) in [5, 5.41) is 0. The van der Waals surface area contributed by atoms with Crippen molar-refractivity contribution in [3.8, 4) is 47.1 Å². The van der Waals surface area contributed by atoms with Crippen LogP contribution in [0.3, 0.4) is 0 Å². The number of hydrogen-bond donors (Lipinski definition) is 0. The molecule has 0 saturated carbocycles. The van der Waals surface area contributed by atoms with Crippen molar-refractivity contribution >= 4 is 0 Å². The number of ether oxygens (including phenoxy) is 2. The molecule has 126 valence electrons. The molecule has 0 unspecified atom stereocenters. The Morgan fingerprint density at radius 3 is 2.04 bits per heavy atom. The van der Waals surface area contributed by atoms with Gasteiger partial charge >= 0.3 is 0 Å². The second kappa shape index (κ2) is 7.88. The molecule has 0 radical (unpaired) electrons. The number of terminal acetylenes is 1. The molecular formula is C22H16N2O2. The Hall–Kier alpha value is -3.76. The number of nitrogens with zero attached hydrogens (tertiary/aromatic N) is 2. The van der Waals surface area contributed by atoms with E-state index in [2.05, 4.69) is 27.7 Å².